The third-order valence-electron chi connectivity index (χ3n) is 3.97. The number of halogens is 1. The molecule has 2 aromatic rings. The maximum Gasteiger partial charge on any atom is 0.314 e. The van der Waals surface area contributed by atoms with E-state index in [0.29, 0.717) is 12.0 Å². The van der Waals surface area contributed by atoms with Gasteiger partial charge >= 0.3 is 11.9 Å². The van der Waals surface area contributed by atoms with Gasteiger partial charge in [-0.2, -0.15) is 0 Å². The monoisotopic (exact) mass is 381 g/mol. The average molecular weight is 382 g/mol. The number of oxazole rings is 1. The number of carbonyl (C=O) groups is 2. The summed E-state index contributed by atoms with van der Waals surface area (Å²) in [6.45, 7) is 1.34. The molecule has 2 N–H and O–H groups in total. The van der Waals surface area contributed by atoms with Gasteiger partial charge < -0.3 is 24.1 Å². The molecule has 0 fully saturated rings. The Bertz CT molecular complexity index is 832. The van der Waals surface area contributed by atoms with E-state index in [2.05, 4.69) is 4.98 Å². The van der Waals surface area contributed by atoms with Crippen molar-refractivity contribution in [2.45, 2.75) is 32.0 Å². The summed E-state index contributed by atoms with van der Waals surface area (Å²) >= 11 is 6.22. The molecular formula is C17H16ClNO7. The number of carbonyl (C=O) groups excluding carboxylic acids is 1. The number of hydrogen-bond acceptors (Lipinski definition) is 7. The van der Waals surface area contributed by atoms with E-state index in [9.17, 15) is 14.7 Å². The van der Waals surface area contributed by atoms with Crippen molar-refractivity contribution in [1.29, 1.82) is 0 Å². The van der Waals surface area contributed by atoms with Crippen LogP contribution in [-0.2, 0) is 21.8 Å². The Labute approximate surface area is 153 Å². The van der Waals surface area contributed by atoms with Gasteiger partial charge in [0.1, 0.15) is 17.8 Å². The van der Waals surface area contributed by atoms with Crippen LogP contribution >= 0.6 is 11.6 Å². The van der Waals surface area contributed by atoms with E-state index in [1.807, 2.05) is 0 Å². The van der Waals surface area contributed by atoms with Gasteiger partial charge in [0.2, 0.25) is 0 Å². The van der Waals surface area contributed by atoms with Gasteiger partial charge in [-0.25, -0.2) is 4.98 Å². The number of carboxylic acids is 1. The lowest BCUT2D eigenvalue weighted by Crippen LogP contribution is -2.30. The van der Waals surface area contributed by atoms with Crippen LogP contribution < -0.4 is 9.47 Å². The zero-order valence-electron chi connectivity index (χ0n) is 13.8. The van der Waals surface area contributed by atoms with Gasteiger partial charge in [-0.05, 0) is 24.5 Å². The van der Waals surface area contributed by atoms with E-state index < -0.39 is 23.6 Å². The lowest BCUT2D eigenvalue weighted by atomic mass is 9.92. The Morgan fingerprint density at radius 1 is 1.50 bits per heavy atom. The Balaban J connectivity index is 1.81. The fourth-order valence-electron chi connectivity index (χ4n) is 2.68. The van der Waals surface area contributed by atoms with Crippen LogP contribution in [0.4, 0.5) is 0 Å². The maximum atomic E-state index is 12.1. The molecule has 1 aromatic heterocycles. The Morgan fingerprint density at radius 2 is 2.27 bits per heavy atom. The summed E-state index contributed by atoms with van der Waals surface area (Å²) in [4.78, 5) is 26.6. The van der Waals surface area contributed by atoms with Gasteiger partial charge in [-0.15, -0.1) is 0 Å². The minimum absolute atomic E-state index is 0.0583. The minimum atomic E-state index is -1.87. The zero-order chi connectivity index (χ0) is 18.9. The molecule has 0 saturated carbocycles. The molecule has 0 spiro atoms. The number of rotatable bonds is 6. The van der Waals surface area contributed by atoms with E-state index in [1.165, 1.54) is 25.5 Å². The summed E-state index contributed by atoms with van der Waals surface area (Å²) in [5.41, 5.74) is 0.660. The second-order valence-corrected chi connectivity index (χ2v) is 6.47. The topological polar surface area (TPSA) is 119 Å². The number of fused-ring (bicyclic) bond motifs is 1. The molecule has 2 unspecified atom stereocenters. The van der Waals surface area contributed by atoms with Crippen LogP contribution in [-0.4, -0.2) is 27.1 Å². The number of nitrogens with zero attached hydrogens (tertiary/aromatic N) is 1. The average Bonchev–Trinajstić information content (AvgIpc) is 3.09. The predicted molar refractivity (Wildman–Crippen MR) is 87.9 cm³/mol. The zero-order valence-corrected chi connectivity index (χ0v) is 14.5. The van der Waals surface area contributed by atoms with Crippen molar-refractivity contribution in [3.05, 3.63) is 41.1 Å². The molecule has 1 aromatic carbocycles. The first kappa shape index (κ1) is 18.2. The van der Waals surface area contributed by atoms with Crippen LogP contribution in [0.2, 0.25) is 5.02 Å². The van der Waals surface area contributed by atoms with Gasteiger partial charge in [0.05, 0.1) is 17.1 Å². The lowest BCUT2D eigenvalue weighted by Gasteiger charge is -2.26. The first-order valence-electron chi connectivity index (χ1n) is 7.83. The van der Waals surface area contributed by atoms with Crippen LogP contribution in [0.15, 0.2) is 29.0 Å². The van der Waals surface area contributed by atoms with Crippen LogP contribution in [0.3, 0.4) is 0 Å². The quantitative estimate of drug-likeness (QED) is 0.445. The number of benzene rings is 1. The maximum absolute atomic E-state index is 12.1. The van der Waals surface area contributed by atoms with E-state index in [-0.39, 0.29) is 35.3 Å². The van der Waals surface area contributed by atoms with Gasteiger partial charge in [0.25, 0.3) is 11.7 Å². The van der Waals surface area contributed by atoms with Crippen molar-refractivity contribution in [1.82, 2.24) is 4.98 Å². The second-order valence-electron chi connectivity index (χ2n) is 6.07. The van der Waals surface area contributed by atoms with Crippen molar-refractivity contribution < 1.29 is 33.7 Å². The van der Waals surface area contributed by atoms with Crippen molar-refractivity contribution >= 4 is 23.5 Å². The Hall–Kier alpha value is -2.58. The Morgan fingerprint density at radius 3 is 2.92 bits per heavy atom. The number of carboxylic acid groups (broad SMARTS) is 1. The normalized spacial score (nSPS) is 18.6. The molecule has 0 radical (unpaired) electrons. The van der Waals surface area contributed by atoms with E-state index >= 15 is 0 Å². The number of aliphatic hydroxyl groups is 1. The number of hydrogen-bond donors (Lipinski definition) is 2. The molecule has 0 bridgehead atoms. The predicted octanol–water partition coefficient (Wildman–Crippen LogP) is 2.51. The first-order chi connectivity index (χ1) is 12.3. The van der Waals surface area contributed by atoms with Crippen LogP contribution in [0.5, 0.6) is 11.5 Å². The molecule has 0 aliphatic carbocycles. The van der Waals surface area contributed by atoms with E-state index in [0.717, 1.165) is 0 Å². The van der Waals surface area contributed by atoms with Crippen molar-refractivity contribution in [3.63, 3.8) is 0 Å². The molecule has 3 rings (SSSR count). The van der Waals surface area contributed by atoms with Crippen molar-refractivity contribution in [3.8, 4) is 11.5 Å². The van der Waals surface area contributed by atoms with Gasteiger partial charge in [-0.3, -0.25) is 9.59 Å². The summed E-state index contributed by atoms with van der Waals surface area (Å²) in [5.74, 6) is -3.61. The summed E-state index contributed by atoms with van der Waals surface area (Å²) < 4.78 is 15.8. The lowest BCUT2D eigenvalue weighted by molar-refractivity contribution is -0.147. The number of aliphatic carboxylic acids is 1. The number of esters is 1. The summed E-state index contributed by atoms with van der Waals surface area (Å²) in [6, 6.07) is 2.97. The highest BCUT2D eigenvalue weighted by atomic mass is 35.5. The third kappa shape index (κ3) is 3.81. The Kier molecular flexibility index (Phi) is 4.88. The van der Waals surface area contributed by atoms with E-state index in [1.54, 1.807) is 6.07 Å². The fraction of sp³-hybridized carbons (Fsp3) is 0.353. The first-order valence-corrected chi connectivity index (χ1v) is 8.21. The number of ether oxygens (including phenoxy) is 2. The summed E-state index contributed by atoms with van der Waals surface area (Å²) in [5, 5.41) is 19.3. The van der Waals surface area contributed by atoms with E-state index in [4.69, 9.17) is 30.6 Å². The molecule has 138 valence electrons. The molecule has 2 atom stereocenters. The molecule has 0 amide bonds. The van der Waals surface area contributed by atoms with Crippen LogP contribution in [0.1, 0.15) is 31.2 Å². The van der Waals surface area contributed by atoms with Gasteiger partial charge in [0.15, 0.2) is 0 Å². The molecule has 2 heterocycles. The standard InChI is InChI=1S/C17H16ClNO7/c1-17(23,16-19-4-5-24-16)26-13-8-12-10(7-11(13)18)6-9(15(22)25-12)2-3-14(20)21/h4-5,7-9,23H,2-3,6H2,1H3,(H,20,21). The van der Waals surface area contributed by atoms with Crippen LogP contribution in [0.25, 0.3) is 0 Å². The smallest absolute Gasteiger partial charge is 0.314 e. The summed E-state index contributed by atoms with van der Waals surface area (Å²) in [7, 11) is 0. The van der Waals surface area contributed by atoms with Crippen LogP contribution in [0, 0.1) is 5.92 Å². The molecule has 1 aliphatic heterocycles. The number of aromatic nitrogens is 1. The molecule has 9 heteroatoms. The van der Waals surface area contributed by atoms with Gasteiger partial charge in [0, 0.05) is 19.4 Å². The highest BCUT2D eigenvalue weighted by Gasteiger charge is 2.34. The second kappa shape index (κ2) is 6.97. The molecule has 8 nitrogen and oxygen atoms in total. The molecular weight excluding hydrogens is 366 g/mol. The summed E-state index contributed by atoms with van der Waals surface area (Å²) in [6.07, 6.45) is 3.03. The van der Waals surface area contributed by atoms with Crippen molar-refractivity contribution in [2.24, 2.45) is 5.92 Å². The minimum Gasteiger partial charge on any atom is -0.481 e. The molecule has 0 saturated heterocycles. The largest absolute Gasteiger partial charge is 0.481 e. The fourth-order valence-corrected chi connectivity index (χ4v) is 2.90. The van der Waals surface area contributed by atoms with Crippen molar-refractivity contribution in [2.75, 3.05) is 0 Å². The highest BCUT2D eigenvalue weighted by molar-refractivity contribution is 6.32. The highest BCUT2D eigenvalue weighted by Crippen LogP contribution is 2.39. The molecule has 1 aliphatic rings. The SMILES string of the molecule is CC(O)(Oc1cc2c(cc1Cl)CC(CCC(=O)O)C(=O)O2)c1ncco1. The van der Waals surface area contributed by atoms with Gasteiger partial charge in [-0.1, -0.05) is 11.6 Å². The third-order valence-corrected chi connectivity index (χ3v) is 4.27. The molecule has 26 heavy (non-hydrogen) atoms.